The van der Waals surface area contributed by atoms with Gasteiger partial charge in [-0.2, -0.15) is 0 Å². The molecule has 2 heteroatoms. The molecule has 0 aliphatic rings. The lowest BCUT2D eigenvalue weighted by molar-refractivity contribution is 0.219. The van der Waals surface area contributed by atoms with Gasteiger partial charge in [0.1, 0.15) is 11.5 Å². The third-order valence-corrected chi connectivity index (χ3v) is 8.34. The molecule has 0 radical (unpaired) electrons. The monoisotopic (exact) mass is 474 g/mol. The Kier molecular flexibility index (Phi) is 13.7. The molecule has 1 aromatic rings. The first-order valence-corrected chi connectivity index (χ1v) is 14.5. The molecule has 1 rings (SSSR count). The summed E-state index contributed by atoms with van der Waals surface area (Å²) in [7, 11) is 0. The average Bonchev–Trinajstić information content (AvgIpc) is 2.84. The molecule has 34 heavy (non-hydrogen) atoms. The first kappa shape index (κ1) is 30.9. The molecule has 0 heterocycles. The Morgan fingerprint density at radius 3 is 1.24 bits per heavy atom. The van der Waals surface area contributed by atoms with Crippen LogP contribution in [0.15, 0.2) is 12.1 Å². The highest BCUT2D eigenvalue weighted by molar-refractivity contribution is 5.52. The van der Waals surface area contributed by atoms with Crippen molar-refractivity contribution in [2.75, 3.05) is 13.2 Å². The van der Waals surface area contributed by atoms with E-state index in [-0.39, 0.29) is 10.8 Å². The highest BCUT2D eigenvalue weighted by Crippen LogP contribution is 2.44. The molecule has 0 spiro atoms. The number of ether oxygens (including phenoxy) is 2. The molecule has 0 aromatic heterocycles. The molecule has 0 bridgehead atoms. The molecule has 0 N–H and O–H groups in total. The molecule has 0 saturated heterocycles. The van der Waals surface area contributed by atoms with Crippen LogP contribution in [0.3, 0.4) is 0 Å². The van der Waals surface area contributed by atoms with Crippen molar-refractivity contribution in [1.82, 2.24) is 0 Å². The zero-order valence-corrected chi connectivity index (χ0v) is 24.6. The Bertz CT molecular complexity index is 629. The quantitative estimate of drug-likeness (QED) is 0.211. The van der Waals surface area contributed by atoms with Crippen molar-refractivity contribution in [1.29, 1.82) is 0 Å². The first-order chi connectivity index (χ1) is 16.1. The average molecular weight is 475 g/mol. The van der Waals surface area contributed by atoms with Crippen molar-refractivity contribution in [2.45, 2.75) is 144 Å². The van der Waals surface area contributed by atoms with E-state index in [9.17, 15) is 0 Å². The third kappa shape index (κ3) is 9.12. The molecule has 0 aliphatic carbocycles. The van der Waals surface area contributed by atoms with Crippen LogP contribution in [0, 0.1) is 11.8 Å². The van der Waals surface area contributed by atoms with E-state index in [0.717, 1.165) is 37.6 Å². The molecule has 0 amide bonds. The summed E-state index contributed by atoms with van der Waals surface area (Å²) in [4.78, 5) is 0. The van der Waals surface area contributed by atoms with E-state index in [4.69, 9.17) is 9.47 Å². The second-order valence-electron chi connectivity index (χ2n) is 11.8. The number of unbranched alkanes of at least 4 members (excludes halogenated alkanes) is 2. The third-order valence-electron chi connectivity index (χ3n) is 8.34. The van der Waals surface area contributed by atoms with Gasteiger partial charge in [-0.25, -0.2) is 0 Å². The largest absolute Gasteiger partial charge is 0.493 e. The minimum atomic E-state index is 0.0415. The SMILES string of the molecule is CCCCC(CC)COc1cc(C(C)(C)CC)c(OCC(CC)CCCC)cc1C(C)(C)CC. The molecule has 0 saturated carbocycles. The predicted molar refractivity (Wildman–Crippen MR) is 151 cm³/mol. The fourth-order valence-electron chi connectivity index (χ4n) is 4.45. The summed E-state index contributed by atoms with van der Waals surface area (Å²) in [5.41, 5.74) is 2.68. The summed E-state index contributed by atoms with van der Waals surface area (Å²) < 4.78 is 13.3. The zero-order chi connectivity index (χ0) is 25.8. The van der Waals surface area contributed by atoms with E-state index in [0.29, 0.717) is 11.8 Å². The van der Waals surface area contributed by atoms with Gasteiger partial charge >= 0.3 is 0 Å². The van der Waals surface area contributed by atoms with E-state index in [2.05, 4.69) is 81.4 Å². The zero-order valence-electron chi connectivity index (χ0n) is 24.6. The fraction of sp³-hybridized carbons (Fsp3) is 0.812. The number of rotatable bonds is 18. The van der Waals surface area contributed by atoms with Crippen LogP contribution in [0.5, 0.6) is 11.5 Å². The van der Waals surface area contributed by atoms with Crippen molar-refractivity contribution in [3.8, 4) is 11.5 Å². The second kappa shape index (κ2) is 15.0. The van der Waals surface area contributed by atoms with Crippen LogP contribution >= 0.6 is 0 Å². The van der Waals surface area contributed by atoms with E-state index < -0.39 is 0 Å². The van der Waals surface area contributed by atoms with Crippen LogP contribution in [0.25, 0.3) is 0 Å². The van der Waals surface area contributed by atoms with Gasteiger partial charge in [-0.1, -0.05) is 108 Å². The van der Waals surface area contributed by atoms with Gasteiger partial charge in [0.25, 0.3) is 0 Å². The van der Waals surface area contributed by atoms with E-state index in [1.807, 2.05) is 0 Å². The lowest BCUT2D eigenvalue weighted by Gasteiger charge is -2.32. The molecule has 2 nitrogen and oxygen atoms in total. The normalized spacial score (nSPS) is 14.2. The van der Waals surface area contributed by atoms with Crippen LogP contribution in [0.2, 0.25) is 0 Å². The van der Waals surface area contributed by atoms with Crippen molar-refractivity contribution in [2.24, 2.45) is 11.8 Å². The highest BCUT2D eigenvalue weighted by Gasteiger charge is 2.30. The topological polar surface area (TPSA) is 18.5 Å². The minimum Gasteiger partial charge on any atom is -0.493 e. The molecular weight excluding hydrogens is 416 g/mol. The molecule has 198 valence electrons. The van der Waals surface area contributed by atoms with Gasteiger partial charge in [0.05, 0.1) is 13.2 Å². The van der Waals surface area contributed by atoms with Crippen LogP contribution in [0.4, 0.5) is 0 Å². The Morgan fingerprint density at radius 1 is 0.618 bits per heavy atom. The van der Waals surface area contributed by atoms with Gasteiger partial charge < -0.3 is 9.47 Å². The van der Waals surface area contributed by atoms with Gasteiger partial charge in [-0.3, -0.25) is 0 Å². The molecule has 0 fully saturated rings. The van der Waals surface area contributed by atoms with Crippen molar-refractivity contribution >= 4 is 0 Å². The van der Waals surface area contributed by atoms with Gasteiger partial charge in [0, 0.05) is 11.1 Å². The molecule has 2 unspecified atom stereocenters. The van der Waals surface area contributed by atoms with E-state index in [1.54, 1.807) is 0 Å². The van der Waals surface area contributed by atoms with E-state index in [1.165, 1.54) is 62.5 Å². The fourth-order valence-corrected chi connectivity index (χ4v) is 4.45. The smallest absolute Gasteiger partial charge is 0.123 e. The van der Waals surface area contributed by atoms with Gasteiger partial charge in [0.15, 0.2) is 0 Å². The highest BCUT2D eigenvalue weighted by atomic mass is 16.5. The lowest BCUT2D eigenvalue weighted by Crippen LogP contribution is -2.23. The van der Waals surface area contributed by atoms with Crippen LogP contribution < -0.4 is 9.47 Å². The lowest BCUT2D eigenvalue weighted by atomic mass is 9.77. The van der Waals surface area contributed by atoms with Crippen LogP contribution in [-0.4, -0.2) is 13.2 Å². The maximum Gasteiger partial charge on any atom is 0.123 e. The standard InChI is InChI=1S/C32H58O2/c1-11-17-19-25(13-3)23-33-29-21-28(32(9,10)16-6)30(22-27(29)31(7,8)15-5)34-24-26(14-4)20-18-12-2/h21-22,25-26H,11-20,23-24H2,1-10H3. The molecule has 1 aromatic carbocycles. The van der Waals surface area contributed by atoms with Gasteiger partial charge in [-0.05, 0) is 60.5 Å². The van der Waals surface area contributed by atoms with Crippen molar-refractivity contribution in [3.05, 3.63) is 23.3 Å². The number of benzene rings is 1. The van der Waals surface area contributed by atoms with E-state index >= 15 is 0 Å². The summed E-state index contributed by atoms with van der Waals surface area (Å²) >= 11 is 0. The summed E-state index contributed by atoms with van der Waals surface area (Å²) in [5, 5.41) is 0. The summed E-state index contributed by atoms with van der Waals surface area (Å²) in [6.07, 6.45) is 12.1. The second-order valence-corrected chi connectivity index (χ2v) is 11.8. The van der Waals surface area contributed by atoms with Crippen molar-refractivity contribution < 1.29 is 9.47 Å². The maximum absolute atomic E-state index is 6.66. The predicted octanol–water partition coefficient (Wildman–Crippen LogP) is 10.3. The Hall–Kier alpha value is -1.18. The molecule has 2 atom stereocenters. The van der Waals surface area contributed by atoms with Crippen LogP contribution in [0.1, 0.15) is 145 Å². The first-order valence-electron chi connectivity index (χ1n) is 14.5. The summed E-state index contributed by atoms with van der Waals surface area (Å²) in [5.74, 6) is 3.40. The minimum absolute atomic E-state index is 0.0415. The summed E-state index contributed by atoms with van der Waals surface area (Å²) in [6, 6.07) is 4.68. The Balaban J connectivity index is 3.40. The van der Waals surface area contributed by atoms with Gasteiger partial charge in [0.2, 0.25) is 0 Å². The van der Waals surface area contributed by atoms with Crippen molar-refractivity contribution in [3.63, 3.8) is 0 Å². The maximum atomic E-state index is 6.66. The Labute approximate surface area is 213 Å². The summed E-state index contributed by atoms with van der Waals surface area (Å²) in [6.45, 7) is 24.7. The molecular formula is C32H58O2. The van der Waals surface area contributed by atoms with Gasteiger partial charge in [-0.15, -0.1) is 0 Å². The Morgan fingerprint density at radius 2 is 0.971 bits per heavy atom. The van der Waals surface area contributed by atoms with Crippen LogP contribution in [-0.2, 0) is 10.8 Å². The molecule has 0 aliphatic heterocycles. The number of hydrogen-bond donors (Lipinski definition) is 0. The number of hydrogen-bond acceptors (Lipinski definition) is 2.